The van der Waals surface area contributed by atoms with Crippen LogP contribution in [0.4, 0.5) is 10.2 Å². The predicted octanol–water partition coefficient (Wildman–Crippen LogP) is 4.89. The Kier molecular flexibility index (Phi) is 5.31. The Labute approximate surface area is 172 Å². The van der Waals surface area contributed by atoms with Crippen LogP contribution in [-0.2, 0) is 6.54 Å². The maximum atomic E-state index is 13.3. The number of amides is 1. The van der Waals surface area contributed by atoms with Gasteiger partial charge in [0.2, 0.25) is 0 Å². The van der Waals surface area contributed by atoms with Gasteiger partial charge in [0.25, 0.3) is 11.6 Å². The molecule has 3 heterocycles. The zero-order valence-corrected chi connectivity index (χ0v) is 17.1. The van der Waals surface area contributed by atoms with E-state index < -0.39 is 0 Å². The fraction of sp³-hybridized carbons (Fsp3) is 0.273. The molecule has 0 atom stereocenters. The van der Waals surface area contributed by atoms with Crippen LogP contribution in [0.15, 0.2) is 40.9 Å². The molecule has 0 aliphatic rings. The molecule has 4 aromatic rings. The first-order valence-electron chi connectivity index (χ1n) is 9.85. The van der Waals surface area contributed by atoms with E-state index in [2.05, 4.69) is 27.5 Å². The Hall–Kier alpha value is -3.55. The Balaban J connectivity index is 1.72. The number of aromatic nitrogens is 4. The van der Waals surface area contributed by atoms with Crippen molar-refractivity contribution in [2.45, 2.75) is 40.2 Å². The van der Waals surface area contributed by atoms with Gasteiger partial charge in [-0.15, -0.1) is 0 Å². The number of carbonyl (C=O) groups is 1. The van der Waals surface area contributed by atoms with Gasteiger partial charge < -0.3 is 9.84 Å². The number of nitrogens with one attached hydrogen (secondary N) is 1. The Bertz CT molecular complexity index is 1210. The minimum Gasteiger partial charge on any atom is -0.335 e. The van der Waals surface area contributed by atoms with E-state index in [1.807, 2.05) is 17.7 Å². The van der Waals surface area contributed by atoms with Crippen LogP contribution < -0.4 is 5.32 Å². The van der Waals surface area contributed by atoms with Gasteiger partial charge in [0.15, 0.2) is 5.82 Å². The molecule has 154 valence electrons. The van der Waals surface area contributed by atoms with Gasteiger partial charge >= 0.3 is 0 Å². The largest absolute Gasteiger partial charge is 0.335 e. The number of aryl methyl sites for hydroxylation is 3. The van der Waals surface area contributed by atoms with Crippen LogP contribution in [0.2, 0.25) is 0 Å². The van der Waals surface area contributed by atoms with Gasteiger partial charge in [-0.05, 0) is 50.6 Å². The molecule has 8 heteroatoms. The summed E-state index contributed by atoms with van der Waals surface area (Å²) in [6.45, 7) is 6.66. The lowest BCUT2D eigenvalue weighted by Gasteiger charge is -2.06. The van der Waals surface area contributed by atoms with E-state index in [1.54, 1.807) is 25.1 Å². The maximum Gasteiger partial charge on any atom is 0.259 e. The molecule has 0 unspecified atom stereocenters. The van der Waals surface area contributed by atoms with Crippen molar-refractivity contribution < 1.29 is 13.7 Å². The third-order valence-electron chi connectivity index (χ3n) is 4.88. The standard InChI is InChI=1S/C22H22FN5O2/c1-4-5-10-28-14(3)12-18(26-28)25-21(29)17-11-13(2)24-22-19(17)20(27-30-22)15-6-8-16(23)9-7-15/h6-9,11-12H,4-5,10H2,1-3H3,(H,25,26,29). The van der Waals surface area contributed by atoms with Crippen molar-refractivity contribution in [1.29, 1.82) is 0 Å². The van der Waals surface area contributed by atoms with Crippen LogP contribution >= 0.6 is 0 Å². The highest BCUT2D eigenvalue weighted by molar-refractivity contribution is 6.14. The van der Waals surface area contributed by atoms with Crippen molar-refractivity contribution in [3.05, 3.63) is 59.2 Å². The Morgan fingerprint density at radius 1 is 1.20 bits per heavy atom. The number of fused-ring (bicyclic) bond motifs is 1. The van der Waals surface area contributed by atoms with E-state index in [0.717, 1.165) is 25.1 Å². The second-order valence-electron chi connectivity index (χ2n) is 7.23. The van der Waals surface area contributed by atoms with Crippen LogP contribution in [0, 0.1) is 19.7 Å². The number of halogens is 1. The summed E-state index contributed by atoms with van der Waals surface area (Å²) in [6, 6.07) is 9.38. The molecule has 0 spiro atoms. The lowest BCUT2D eigenvalue weighted by Crippen LogP contribution is -2.14. The fourth-order valence-corrected chi connectivity index (χ4v) is 3.35. The van der Waals surface area contributed by atoms with Crippen LogP contribution in [0.5, 0.6) is 0 Å². The minimum atomic E-state index is -0.354. The highest BCUT2D eigenvalue weighted by Crippen LogP contribution is 2.31. The normalized spacial score (nSPS) is 11.2. The molecule has 0 aliphatic carbocycles. The topological polar surface area (TPSA) is 85.8 Å². The molecule has 7 nitrogen and oxygen atoms in total. The zero-order valence-electron chi connectivity index (χ0n) is 17.1. The molecule has 1 amide bonds. The number of unbranched alkanes of at least 4 members (excludes halogenated alkanes) is 1. The molecule has 0 saturated carbocycles. The summed E-state index contributed by atoms with van der Waals surface area (Å²) in [4.78, 5) is 17.5. The zero-order chi connectivity index (χ0) is 21.3. The number of carbonyl (C=O) groups excluding carboxylic acids is 1. The molecule has 0 bridgehead atoms. The van der Waals surface area contributed by atoms with Crippen LogP contribution in [0.3, 0.4) is 0 Å². The number of anilines is 1. The van der Waals surface area contributed by atoms with Crippen LogP contribution in [0.1, 0.15) is 41.5 Å². The van der Waals surface area contributed by atoms with E-state index in [-0.39, 0.29) is 17.4 Å². The molecular weight excluding hydrogens is 385 g/mol. The van der Waals surface area contributed by atoms with Crippen LogP contribution in [-0.4, -0.2) is 25.8 Å². The molecule has 30 heavy (non-hydrogen) atoms. The van der Waals surface area contributed by atoms with Gasteiger partial charge in [0.1, 0.15) is 11.5 Å². The second-order valence-corrected chi connectivity index (χ2v) is 7.23. The summed E-state index contributed by atoms with van der Waals surface area (Å²) in [5.41, 5.74) is 3.30. The van der Waals surface area contributed by atoms with E-state index in [4.69, 9.17) is 4.52 Å². The van der Waals surface area contributed by atoms with E-state index in [9.17, 15) is 9.18 Å². The number of nitrogens with zero attached hydrogens (tertiary/aromatic N) is 4. The highest BCUT2D eigenvalue weighted by atomic mass is 19.1. The SMILES string of the molecule is CCCCn1nc(NC(=O)c2cc(C)nc3onc(-c4ccc(F)cc4)c23)cc1C. The summed E-state index contributed by atoms with van der Waals surface area (Å²) >= 11 is 0. The summed E-state index contributed by atoms with van der Waals surface area (Å²) in [7, 11) is 0. The number of hydrogen-bond acceptors (Lipinski definition) is 5. The summed E-state index contributed by atoms with van der Waals surface area (Å²) in [5, 5.41) is 11.9. The number of benzene rings is 1. The Morgan fingerprint density at radius 2 is 1.97 bits per heavy atom. The summed E-state index contributed by atoms with van der Waals surface area (Å²) in [6.07, 6.45) is 2.08. The lowest BCUT2D eigenvalue weighted by atomic mass is 10.0. The smallest absolute Gasteiger partial charge is 0.259 e. The van der Waals surface area contributed by atoms with Gasteiger partial charge in [-0.2, -0.15) is 5.10 Å². The predicted molar refractivity (Wildman–Crippen MR) is 112 cm³/mol. The van der Waals surface area contributed by atoms with Crippen LogP contribution in [0.25, 0.3) is 22.4 Å². The molecule has 0 fully saturated rings. The molecule has 4 rings (SSSR count). The van der Waals surface area contributed by atoms with Crippen molar-refractivity contribution in [2.75, 3.05) is 5.32 Å². The van der Waals surface area contributed by atoms with Crippen molar-refractivity contribution in [2.24, 2.45) is 0 Å². The van der Waals surface area contributed by atoms with Gasteiger partial charge in [-0.3, -0.25) is 9.48 Å². The molecule has 0 saturated heterocycles. The Morgan fingerprint density at radius 3 is 2.70 bits per heavy atom. The average Bonchev–Trinajstić information content (AvgIpc) is 3.29. The van der Waals surface area contributed by atoms with E-state index in [0.29, 0.717) is 33.7 Å². The lowest BCUT2D eigenvalue weighted by molar-refractivity contribution is 0.102. The quantitative estimate of drug-likeness (QED) is 0.492. The third kappa shape index (κ3) is 3.80. The fourth-order valence-electron chi connectivity index (χ4n) is 3.35. The third-order valence-corrected chi connectivity index (χ3v) is 4.88. The van der Waals surface area contributed by atoms with Crippen molar-refractivity contribution >= 4 is 22.8 Å². The first-order chi connectivity index (χ1) is 14.5. The van der Waals surface area contributed by atoms with E-state index in [1.165, 1.54) is 12.1 Å². The molecule has 1 N–H and O–H groups in total. The molecule has 0 aliphatic heterocycles. The first-order valence-corrected chi connectivity index (χ1v) is 9.85. The van der Waals surface area contributed by atoms with E-state index >= 15 is 0 Å². The van der Waals surface area contributed by atoms with Gasteiger partial charge in [-0.1, -0.05) is 18.5 Å². The minimum absolute atomic E-state index is 0.254. The first kappa shape index (κ1) is 19.8. The molecule has 3 aromatic heterocycles. The molecule has 0 radical (unpaired) electrons. The van der Waals surface area contributed by atoms with Gasteiger partial charge in [0.05, 0.1) is 10.9 Å². The summed E-state index contributed by atoms with van der Waals surface area (Å²) < 4.78 is 20.6. The van der Waals surface area contributed by atoms with Gasteiger partial charge in [0, 0.05) is 29.6 Å². The monoisotopic (exact) mass is 407 g/mol. The summed E-state index contributed by atoms with van der Waals surface area (Å²) in [5.74, 6) is -0.208. The highest BCUT2D eigenvalue weighted by Gasteiger charge is 2.21. The molecular formula is C22H22FN5O2. The second kappa shape index (κ2) is 8.06. The van der Waals surface area contributed by atoms with Crippen molar-refractivity contribution in [3.8, 4) is 11.3 Å². The van der Waals surface area contributed by atoms with Crippen molar-refractivity contribution in [1.82, 2.24) is 19.9 Å². The number of rotatable bonds is 6. The molecule has 1 aromatic carbocycles. The number of hydrogen-bond donors (Lipinski definition) is 1. The van der Waals surface area contributed by atoms with Gasteiger partial charge in [-0.25, -0.2) is 9.37 Å². The average molecular weight is 407 g/mol. The number of pyridine rings is 1. The van der Waals surface area contributed by atoms with Crippen molar-refractivity contribution in [3.63, 3.8) is 0 Å². The maximum absolute atomic E-state index is 13.3.